The Morgan fingerprint density at radius 1 is 1.23 bits per heavy atom. The molecule has 0 spiro atoms. The van der Waals surface area contributed by atoms with Crippen molar-refractivity contribution in [3.05, 3.63) is 24.3 Å². The van der Waals surface area contributed by atoms with Gasteiger partial charge in [0.25, 0.3) is 0 Å². The van der Waals surface area contributed by atoms with Gasteiger partial charge in [-0.25, -0.2) is 0 Å². The molecule has 1 unspecified atom stereocenters. The van der Waals surface area contributed by atoms with Crippen LogP contribution in [0, 0.1) is 11.3 Å². The van der Waals surface area contributed by atoms with Crippen LogP contribution in [0.1, 0.15) is 97.3 Å². The quantitative estimate of drug-likeness (QED) is 0.357. The molecule has 2 saturated carbocycles. The van der Waals surface area contributed by atoms with Gasteiger partial charge < -0.3 is 5.11 Å². The van der Waals surface area contributed by atoms with E-state index in [1.54, 1.807) is 0 Å². The third-order valence-electron chi connectivity index (χ3n) is 5.73. The van der Waals surface area contributed by atoms with Crippen LogP contribution in [0.15, 0.2) is 24.3 Å². The fraction of sp³-hybridized carbons (Fsp3) is 0.739. The summed E-state index contributed by atoms with van der Waals surface area (Å²) < 4.78 is 0. The molecule has 3 nitrogen and oxygen atoms in total. The third kappa shape index (κ3) is 9.35. The lowest BCUT2D eigenvalue weighted by molar-refractivity contribution is -0.137. The number of allylic oxidation sites excluding steroid dienone is 4. The second-order valence-corrected chi connectivity index (χ2v) is 7.97. The number of ketones is 1. The summed E-state index contributed by atoms with van der Waals surface area (Å²) in [5.74, 6) is 0.312. The van der Waals surface area contributed by atoms with Gasteiger partial charge in [-0.2, -0.15) is 0 Å². The van der Waals surface area contributed by atoms with Crippen molar-refractivity contribution >= 4 is 11.8 Å². The Hall–Kier alpha value is -1.38. The highest BCUT2D eigenvalue weighted by molar-refractivity contribution is 5.80. The molecule has 0 aliphatic heterocycles. The summed E-state index contributed by atoms with van der Waals surface area (Å²) in [6.45, 7) is 4.24. The Balaban J connectivity index is 0.000000321. The standard InChI is InChI=1S/C16H26O.C7H12O2/c1-2-9-16(11-5-12-16)10-4-3-6-14-7-8-15(17)13-14;1-2-3-4-5-6-7(8)9/h3,6,14H,2,4-5,7-13H2,1H3;2-3H,4-6H2,1H3,(H,8,9)/b6-3+;3-2-. The van der Waals surface area contributed by atoms with Crippen LogP contribution >= 0.6 is 0 Å². The van der Waals surface area contributed by atoms with Crippen LogP contribution in [0.25, 0.3) is 0 Å². The Labute approximate surface area is 160 Å². The Morgan fingerprint density at radius 2 is 2.00 bits per heavy atom. The molecule has 0 aromatic heterocycles. The molecule has 1 atom stereocenters. The number of unbranched alkanes of at least 4 members (excludes halogenated alkanes) is 1. The number of rotatable bonds is 10. The molecule has 2 rings (SSSR count). The molecule has 1 N–H and O–H groups in total. The molecule has 148 valence electrons. The van der Waals surface area contributed by atoms with E-state index in [9.17, 15) is 9.59 Å². The molecule has 26 heavy (non-hydrogen) atoms. The third-order valence-corrected chi connectivity index (χ3v) is 5.73. The van der Waals surface area contributed by atoms with E-state index in [1.165, 1.54) is 44.9 Å². The van der Waals surface area contributed by atoms with Gasteiger partial charge in [-0.3, -0.25) is 9.59 Å². The Bertz CT molecular complexity index is 472. The number of carboxylic acid groups (broad SMARTS) is 1. The predicted octanol–water partition coefficient (Wildman–Crippen LogP) is 6.48. The first-order chi connectivity index (χ1) is 12.5. The van der Waals surface area contributed by atoms with E-state index >= 15 is 0 Å². The monoisotopic (exact) mass is 362 g/mol. The number of Topliss-reactive ketones (excluding diaryl/α,β-unsaturated/α-hetero) is 1. The minimum absolute atomic E-state index is 0.282. The number of carbonyl (C=O) groups excluding carboxylic acids is 1. The van der Waals surface area contributed by atoms with Crippen molar-refractivity contribution in [1.29, 1.82) is 0 Å². The van der Waals surface area contributed by atoms with E-state index in [4.69, 9.17) is 5.11 Å². The van der Waals surface area contributed by atoms with Crippen LogP contribution in [-0.2, 0) is 9.59 Å². The smallest absolute Gasteiger partial charge is 0.303 e. The SMILES string of the molecule is C/C=C\CCCC(=O)O.CCCC1(CC/C=C/C2CCC(=O)C2)CCC1. The number of carbonyl (C=O) groups is 2. The minimum atomic E-state index is -0.709. The molecule has 0 radical (unpaired) electrons. The molecule has 2 aliphatic rings. The van der Waals surface area contributed by atoms with Crippen LogP contribution in [0.5, 0.6) is 0 Å². The fourth-order valence-corrected chi connectivity index (χ4v) is 4.06. The number of hydrogen-bond acceptors (Lipinski definition) is 2. The normalized spacial score (nSPS) is 21.6. The van der Waals surface area contributed by atoms with E-state index in [-0.39, 0.29) is 6.42 Å². The molecule has 2 fully saturated rings. The highest BCUT2D eigenvalue weighted by Gasteiger charge is 2.34. The summed E-state index contributed by atoms with van der Waals surface area (Å²) in [5, 5.41) is 8.19. The maximum absolute atomic E-state index is 11.2. The highest BCUT2D eigenvalue weighted by Crippen LogP contribution is 2.48. The van der Waals surface area contributed by atoms with Crippen molar-refractivity contribution in [2.75, 3.05) is 0 Å². The van der Waals surface area contributed by atoms with Gasteiger partial charge in [0.1, 0.15) is 5.78 Å². The first-order valence-electron chi connectivity index (χ1n) is 10.5. The second kappa shape index (κ2) is 12.9. The van der Waals surface area contributed by atoms with Crippen LogP contribution in [0.2, 0.25) is 0 Å². The van der Waals surface area contributed by atoms with Gasteiger partial charge in [-0.15, -0.1) is 0 Å². The zero-order valence-electron chi connectivity index (χ0n) is 16.8. The average Bonchev–Trinajstić information content (AvgIpc) is 2.99. The average molecular weight is 363 g/mol. The van der Waals surface area contributed by atoms with Gasteiger partial charge in [-0.1, -0.05) is 44.1 Å². The molecule has 0 aromatic carbocycles. The zero-order chi connectivity index (χ0) is 19.3. The zero-order valence-corrected chi connectivity index (χ0v) is 16.8. The van der Waals surface area contributed by atoms with E-state index in [0.29, 0.717) is 17.1 Å². The Morgan fingerprint density at radius 3 is 2.50 bits per heavy atom. The lowest BCUT2D eigenvalue weighted by Crippen LogP contribution is -2.28. The minimum Gasteiger partial charge on any atom is -0.481 e. The van der Waals surface area contributed by atoms with Crippen molar-refractivity contribution in [3.8, 4) is 0 Å². The molecule has 0 saturated heterocycles. The van der Waals surface area contributed by atoms with Crippen LogP contribution in [-0.4, -0.2) is 16.9 Å². The summed E-state index contributed by atoms with van der Waals surface area (Å²) in [4.78, 5) is 21.1. The molecular formula is C23H38O3. The first kappa shape index (κ1) is 22.7. The van der Waals surface area contributed by atoms with Crippen molar-refractivity contribution in [2.24, 2.45) is 11.3 Å². The lowest BCUT2D eigenvalue weighted by atomic mass is 9.63. The van der Waals surface area contributed by atoms with Crippen molar-refractivity contribution in [2.45, 2.75) is 97.3 Å². The van der Waals surface area contributed by atoms with Crippen LogP contribution < -0.4 is 0 Å². The van der Waals surface area contributed by atoms with Gasteiger partial charge in [0, 0.05) is 19.3 Å². The lowest BCUT2D eigenvalue weighted by Gasteiger charge is -2.42. The van der Waals surface area contributed by atoms with E-state index in [1.807, 2.05) is 19.1 Å². The molecule has 0 aromatic rings. The number of hydrogen-bond donors (Lipinski definition) is 1. The topological polar surface area (TPSA) is 54.4 Å². The van der Waals surface area contributed by atoms with Crippen molar-refractivity contribution < 1.29 is 14.7 Å². The maximum Gasteiger partial charge on any atom is 0.303 e. The second-order valence-electron chi connectivity index (χ2n) is 7.97. The van der Waals surface area contributed by atoms with E-state index < -0.39 is 5.97 Å². The van der Waals surface area contributed by atoms with Crippen LogP contribution in [0.4, 0.5) is 0 Å². The molecule has 2 aliphatic carbocycles. The van der Waals surface area contributed by atoms with Gasteiger partial charge in [0.05, 0.1) is 0 Å². The van der Waals surface area contributed by atoms with Gasteiger partial charge in [0.2, 0.25) is 0 Å². The molecule has 0 bridgehead atoms. The Kier molecular flexibility index (Phi) is 11.2. The molecule has 0 heterocycles. The fourth-order valence-electron chi connectivity index (χ4n) is 4.06. The summed E-state index contributed by atoms with van der Waals surface area (Å²) in [7, 11) is 0. The van der Waals surface area contributed by atoms with E-state index in [2.05, 4.69) is 19.1 Å². The summed E-state index contributed by atoms with van der Waals surface area (Å²) >= 11 is 0. The molecular weight excluding hydrogens is 324 g/mol. The van der Waals surface area contributed by atoms with Crippen molar-refractivity contribution in [1.82, 2.24) is 0 Å². The van der Waals surface area contributed by atoms with Crippen LogP contribution in [0.3, 0.4) is 0 Å². The summed E-state index contributed by atoms with van der Waals surface area (Å²) in [6.07, 6.45) is 22.9. The number of aliphatic carboxylic acids is 1. The largest absolute Gasteiger partial charge is 0.481 e. The maximum atomic E-state index is 11.2. The van der Waals surface area contributed by atoms with E-state index in [0.717, 1.165) is 32.1 Å². The number of carboxylic acids is 1. The molecule has 0 amide bonds. The summed E-state index contributed by atoms with van der Waals surface area (Å²) in [5.41, 5.74) is 0.699. The van der Waals surface area contributed by atoms with Crippen molar-refractivity contribution in [3.63, 3.8) is 0 Å². The predicted molar refractivity (Wildman–Crippen MR) is 108 cm³/mol. The van der Waals surface area contributed by atoms with Gasteiger partial charge in [-0.05, 0) is 69.6 Å². The summed E-state index contributed by atoms with van der Waals surface area (Å²) in [6, 6.07) is 0. The molecule has 3 heteroatoms. The van der Waals surface area contributed by atoms with Gasteiger partial charge in [0.15, 0.2) is 0 Å². The first-order valence-corrected chi connectivity index (χ1v) is 10.5. The van der Waals surface area contributed by atoms with Gasteiger partial charge >= 0.3 is 5.97 Å². The highest BCUT2D eigenvalue weighted by atomic mass is 16.4.